The Morgan fingerprint density at radius 3 is 2.63 bits per heavy atom. The van der Waals surface area contributed by atoms with Crippen LogP contribution in [0.3, 0.4) is 0 Å². The van der Waals surface area contributed by atoms with Gasteiger partial charge in [-0.2, -0.15) is 0 Å². The van der Waals surface area contributed by atoms with Crippen LogP contribution in [0.5, 0.6) is 0 Å². The van der Waals surface area contributed by atoms with Gasteiger partial charge < -0.3 is 14.5 Å². The zero-order valence-corrected chi connectivity index (χ0v) is 21.1. The van der Waals surface area contributed by atoms with Crippen LogP contribution in [0.25, 0.3) is 11.0 Å². The van der Waals surface area contributed by atoms with Gasteiger partial charge in [0.2, 0.25) is 0 Å². The molecule has 0 unspecified atom stereocenters. The summed E-state index contributed by atoms with van der Waals surface area (Å²) in [6.07, 6.45) is 7.04. The summed E-state index contributed by atoms with van der Waals surface area (Å²) in [7, 11) is 0. The Balaban J connectivity index is 1.66. The van der Waals surface area contributed by atoms with E-state index in [4.69, 9.17) is 20.8 Å². The first-order valence-electron chi connectivity index (χ1n) is 12.3. The van der Waals surface area contributed by atoms with Crippen LogP contribution < -0.4 is 10.7 Å². The number of fused-ring (bicyclic) bond motifs is 1. The minimum atomic E-state index is -0.856. The molecule has 0 bridgehead atoms. The molecule has 0 spiro atoms. The van der Waals surface area contributed by atoms with Crippen molar-refractivity contribution in [1.29, 1.82) is 0 Å². The van der Waals surface area contributed by atoms with Crippen molar-refractivity contribution in [1.82, 2.24) is 5.32 Å². The summed E-state index contributed by atoms with van der Waals surface area (Å²) >= 11 is 6.17. The van der Waals surface area contributed by atoms with Gasteiger partial charge in [-0.05, 0) is 62.6 Å². The van der Waals surface area contributed by atoms with Crippen LogP contribution in [0.2, 0.25) is 5.02 Å². The summed E-state index contributed by atoms with van der Waals surface area (Å²) < 4.78 is 11.7. The Morgan fingerprint density at radius 2 is 1.89 bits per heavy atom. The molecule has 184 valence electrons. The number of dihydropyridines is 1. The lowest BCUT2D eigenvalue weighted by atomic mass is 9.68. The van der Waals surface area contributed by atoms with Gasteiger partial charge in [0.15, 0.2) is 11.2 Å². The van der Waals surface area contributed by atoms with Crippen LogP contribution >= 0.6 is 11.6 Å². The molecule has 0 radical (unpaired) electrons. The molecule has 35 heavy (non-hydrogen) atoms. The molecule has 1 fully saturated rings. The van der Waals surface area contributed by atoms with Crippen LogP contribution in [0.4, 0.5) is 0 Å². The molecule has 1 atom stereocenters. The van der Waals surface area contributed by atoms with E-state index in [9.17, 15) is 14.4 Å². The molecule has 6 nitrogen and oxygen atoms in total. The Morgan fingerprint density at radius 1 is 1.14 bits per heavy atom. The second-order valence-electron chi connectivity index (χ2n) is 10.8. The van der Waals surface area contributed by atoms with E-state index in [0.717, 1.165) is 37.8 Å². The molecule has 2 aromatic rings. The van der Waals surface area contributed by atoms with Crippen molar-refractivity contribution in [2.45, 2.75) is 77.7 Å². The fourth-order valence-corrected chi connectivity index (χ4v) is 5.91. The average Bonchev–Trinajstić information content (AvgIpc) is 2.78. The Labute approximate surface area is 209 Å². The fourth-order valence-electron chi connectivity index (χ4n) is 5.73. The number of esters is 1. The molecule has 1 saturated carbocycles. The maximum absolute atomic E-state index is 13.7. The first-order valence-corrected chi connectivity index (χ1v) is 12.7. The highest BCUT2D eigenvalue weighted by molar-refractivity contribution is 6.31. The minimum Gasteiger partial charge on any atom is -0.464 e. The third-order valence-electron chi connectivity index (χ3n) is 7.36. The Hall–Kier alpha value is -2.86. The SMILES string of the molecule is CC1=C(C(=O)OC2CCCCC2)[C@@H](c2coc3ccc(Cl)cc3c2=O)C2=C(CC(C)(C)CC2=O)N1. The number of ketones is 1. The summed E-state index contributed by atoms with van der Waals surface area (Å²) in [5, 5.41) is 4.05. The van der Waals surface area contributed by atoms with Gasteiger partial charge in [-0.3, -0.25) is 9.59 Å². The number of hydrogen-bond acceptors (Lipinski definition) is 6. The second-order valence-corrected chi connectivity index (χ2v) is 11.2. The standard InChI is InChI=1S/C28H30ClNO5/c1-15-23(27(33)35-17-7-5-4-6-8-17)24(25-20(30-15)12-28(2,3)13-21(25)31)19-14-34-22-10-9-16(29)11-18(22)26(19)32/h9-11,14,17,24,30H,4-8,12-13H2,1-3H3/t24-/m1/s1. The summed E-state index contributed by atoms with van der Waals surface area (Å²) in [5.41, 5.74) is 2.23. The molecule has 5 rings (SSSR count). The number of Topliss-reactive ketones (excluding diaryl/α,β-unsaturated/α-hetero) is 1. The maximum atomic E-state index is 13.7. The topological polar surface area (TPSA) is 85.6 Å². The van der Waals surface area contributed by atoms with Crippen molar-refractivity contribution < 1.29 is 18.7 Å². The van der Waals surface area contributed by atoms with E-state index in [1.54, 1.807) is 25.1 Å². The van der Waals surface area contributed by atoms with Crippen molar-refractivity contribution >= 4 is 34.3 Å². The van der Waals surface area contributed by atoms with E-state index >= 15 is 0 Å². The van der Waals surface area contributed by atoms with Crippen molar-refractivity contribution in [2.24, 2.45) is 5.41 Å². The smallest absolute Gasteiger partial charge is 0.337 e. The number of nitrogens with one attached hydrogen (secondary N) is 1. The van der Waals surface area contributed by atoms with Crippen molar-refractivity contribution in [2.75, 3.05) is 0 Å². The molecule has 1 aromatic carbocycles. The zero-order valence-electron chi connectivity index (χ0n) is 20.3. The van der Waals surface area contributed by atoms with Crippen molar-refractivity contribution in [3.63, 3.8) is 0 Å². The maximum Gasteiger partial charge on any atom is 0.337 e. The molecule has 2 heterocycles. The lowest BCUT2D eigenvalue weighted by Gasteiger charge is -2.39. The largest absolute Gasteiger partial charge is 0.464 e. The third-order valence-corrected chi connectivity index (χ3v) is 7.59. The van der Waals surface area contributed by atoms with E-state index in [-0.39, 0.29) is 28.3 Å². The zero-order chi connectivity index (χ0) is 24.9. The average molecular weight is 496 g/mol. The summed E-state index contributed by atoms with van der Waals surface area (Å²) in [6, 6.07) is 4.86. The number of allylic oxidation sites excluding steroid dienone is 3. The Bertz CT molecular complexity index is 1340. The van der Waals surface area contributed by atoms with Gasteiger partial charge in [-0.25, -0.2) is 4.79 Å². The van der Waals surface area contributed by atoms with Crippen LogP contribution in [-0.2, 0) is 14.3 Å². The highest BCUT2D eigenvalue weighted by Crippen LogP contribution is 2.46. The molecule has 1 N–H and O–H groups in total. The molecule has 3 aliphatic rings. The predicted octanol–water partition coefficient (Wildman–Crippen LogP) is 5.93. The van der Waals surface area contributed by atoms with Crippen LogP contribution in [0.15, 0.2) is 56.2 Å². The number of carbonyl (C=O) groups excluding carboxylic acids is 2. The van der Waals surface area contributed by atoms with E-state index in [1.165, 1.54) is 6.26 Å². The quantitative estimate of drug-likeness (QED) is 0.531. The number of ether oxygens (including phenoxy) is 1. The van der Waals surface area contributed by atoms with E-state index < -0.39 is 11.9 Å². The number of halogens is 1. The monoisotopic (exact) mass is 495 g/mol. The fraction of sp³-hybridized carbons (Fsp3) is 0.464. The second kappa shape index (κ2) is 8.98. The van der Waals surface area contributed by atoms with Gasteiger partial charge >= 0.3 is 5.97 Å². The molecule has 7 heteroatoms. The summed E-state index contributed by atoms with van der Waals surface area (Å²) in [5.74, 6) is -1.41. The number of benzene rings is 1. The van der Waals surface area contributed by atoms with Gasteiger partial charge in [0.05, 0.1) is 23.1 Å². The third kappa shape index (κ3) is 4.44. The Kier molecular flexibility index (Phi) is 6.12. The first-order chi connectivity index (χ1) is 16.6. The normalized spacial score (nSPS) is 22.7. The lowest BCUT2D eigenvalue weighted by Crippen LogP contribution is -2.40. The molecular weight excluding hydrogens is 466 g/mol. The van der Waals surface area contributed by atoms with Gasteiger partial charge in [-0.15, -0.1) is 0 Å². The molecule has 2 aliphatic carbocycles. The molecule has 0 saturated heterocycles. The van der Waals surface area contributed by atoms with Gasteiger partial charge in [0, 0.05) is 34.0 Å². The van der Waals surface area contributed by atoms with Crippen molar-refractivity contribution in [3.8, 4) is 0 Å². The predicted molar refractivity (Wildman–Crippen MR) is 134 cm³/mol. The highest BCUT2D eigenvalue weighted by atomic mass is 35.5. The summed E-state index contributed by atoms with van der Waals surface area (Å²) in [4.78, 5) is 40.8. The van der Waals surface area contributed by atoms with Crippen molar-refractivity contribution in [3.05, 3.63) is 67.8 Å². The van der Waals surface area contributed by atoms with Crippen LogP contribution in [-0.4, -0.2) is 17.9 Å². The first kappa shape index (κ1) is 23.9. The number of rotatable bonds is 3. The molecule has 1 aliphatic heterocycles. The van der Waals surface area contributed by atoms with E-state index in [2.05, 4.69) is 5.32 Å². The molecule has 1 aromatic heterocycles. The van der Waals surface area contributed by atoms with Gasteiger partial charge in [0.25, 0.3) is 0 Å². The van der Waals surface area contributed by atoms with Gasteiger partial charge in [0.1, 0.15) is 11.7 Å². The highest BCUT2D eigenvalue weighted by Gasteiger charge is 2.44. The summed E-state index contributed by atoms with van der Waals surface area (Å²) in [6.45, 7) is 5.90. The molecular formula is C28H30ClNO5. The number of hydrogen-bond donors (Lipinski definition) is 1. The van der Waals surface area contributed by atoms with Crippen LogP contribution in [0.1, 0.15) is 77.2 Å². The molecule has 0 amide bonds. The van der Waals surface area contributed by atoms with E-state index in [1.807, 2.05) is 13.8 Å². The minimum absolute atomic E-state index is 0.0743. The van der Waals surface area contributed by atoms with E-state index in [0.29, 0.717) is 45.7 Å². The van der Waals surface area contributed by atoms with Gasteiger partial charge in [-0.1, -0.05) is 31.9 Å². The number of carbonyl (C=O) groups is 2. The van der Waals surface area contributed by atoms with Crippen LogP contribution in [0, 0.1) is 5.41 Å². The lowest BCUT2D eigenvalue weighted by molar-refractivity contribution is -0.146.